The van der Waals surface area contributed by atoms with Gasteiger partial charge < -0.3 is 14.2 Å². The van der Waals surface area contributed by atoms with Crippen LogP contribution in [0.2, 0.25) is 0 Å². The van der Waals surface area contributed by atoms with E-state index in [0.717, 1.165) is 34.7 Å². The predicted molar refractivity (Wildman–Crippen MR) is 148 cm³/mol. The molecule has 0 aliphatic heterocycles. The van der Waals surface area contributed by atoms with Crippen LogP contribution in [-0.2, 0) is 10.1 Å². The summed E-state index contributed by atoms with van der Waals surface area (Å²) < 4.78 is 38.8. The first kappa shape index (κ1) is 26.5. The number of rotatable bonds is 8. The minimum Gasteiger partial charge on any atom is -0.493 e. The Kier molecular flexibility index (Phi) is 6.99. The molecule has 2 heterocycles. The highest BCUT2D eigenvalue weighted by atomic mass is 32.2. The second-order valence-electron chi connectivity index (χ2n) is 11.2. The van der Waals surface area contributed by atoms with Crippen molar-refractivity contribution in [1.29, 1.82) is 0 Å². The first-order chi connectivity index (χ1) is 17.3. The molecule has 0 saturated carbocycles. The number of anilines is 1. The van der Waals surface area contributed by atoms with Crippen LogP contribution < -0.4 is 14.2 Å². The fourth-order valence-electron chi connectivity index (χ4n) is 4.76. The Hall–Kier alpha value is -3.52. The Morgan fingerprint density at radius 3 is 2.30 bits per heavy atom. The molecule has 0 unspecified atom stereocenters. The Morgan fingerprint density at radius 2 is 1.65 bits per heavy atom. The number of ether oxygens (including phenoxy) is 1. The zero-order valence-corrected chi connectivity index (χ0v) is 23.3. The lowest BCUT2D eigenvalue weighted by molar-refractivity contribution is 0.302. The maximum atomic E-state index is 12.9. The van der Waals surface area contributed by atoms with Gasteiger partial charge in [-0.15, -0.1) is 0 Å². The number of imidazole rings is 1. The third-order valence-corrected chi connectivity index (χ3v) is 7.15. The van der Waals surface area contributed by atoms with Gasteiger partial charge in [0.05, 0.1) is 7.11 Å². The zero-order valence-electron chi connectivity index (χ0n) is 22.5. The molecule has 0 saturated heterocycles. The lowest BCUT2D eigenvalue weighted by Crippen LogP contribution is -2.36. The van der Waals surface area contributed by atoms with Crippen molar-refractivity contribution < 1.29 is 17.3 Å². The van der Waals surface area contributed by atoms with Gasteiger partial charge in [-0.05, 0) is 75.1 Å². The van der Waals surface area contributed by atoms with Gasteiger partial charge in [-0.1, -0.05) is 44.5 Å². The smallest absolute Gasteiger partial charge is 0.339 e. The number of nitrogens with zero attached hydrogens (tertiary/aromatic N) is 2. The van der Waals surface area contributed by atoms with E-state index in [4.69, 9.17) is 13.9 Å². The molecule has 0 spiro atoms. The van der Waals surface area contributed by atoms with Crippen molar-refractivity contribution in [2.75, 3.05) is 12.4 Å². The van der Waals surface area contributed by atoms with Crippen LogP contribution in [0.25, 0.3) is 16.9 Å². The molecule has 8 heteroatoms. The lowest BCUT2D eigenvalue weighted by atomic mass is 9.82. The molecule has 2 aromatic carbocycles. The summed E-state index contributed by atoms with van der Waals surface area (Å²) in [5.41, 5.74) is 3.18. The number of hydrogen-bond acceptors (Lipinski definition) is 6. The average Bonchev–Trinajstić information content (AvgIpc) is 3.15. The van der Waals surface area contributed by atoms with E-state index >= 15 is 0 Å². The number of pyridine rings is 1. The molecule has 1 N–H and O–H groups in total. The van der Waals surface area contributed by atoms with Crippen LogP contribution in [0, 0.1) is 12.3 Å². The van der Waals surface area contributed by atoms with Gasteiger partial charge in [0.2, 0.25) is 0 Å². The summed E-state index contributed by atoms with van der Waals surface area (Å²) >= 11 is 0. The first-order valence-electron chi connectivity index (χ1n) is 12.2. The molecule has 4 aromatic rings. The summed E-state index contributed by atoms with van der Waals surface area (Å²) in [6, 6.07) is 17.5. The van der Waals surface area contributed by atoms with Crippen molar-refractivity contribution >= 4 is 21.6 Å². The number of methoxy groups -OCH3 is 1. The molecule has 4 rings (SSSR count). The molecule has 0 radical (unpaired) electrons. The number of benzene rings is 2. The Labute approximate surface area is 219 Å². The summed E-state index contributed by atoms with van der Waals surface area (Å²) in [7, 11) is -2.54. The number of hydrogen-bond donors (Lipinski definition) is 1. The highest BCUT2D eigenvalue weighted by Gasteiger charge is 2.28. The maximum Gasteiger partial charge on any atom is 0.339 e. The van der Waals surface area contributed by atoms with Crippen LogP contribution in [-0.4, -0.2) is 30.5 Å². The average molecular weight is 522 g/mol. The molecule has 0 bridgehead atoms. The second kappa shape index (κ2) is 9.74. The third-order valence-electron chi connectivity index (χ3n) is 5.91. The normalized spacial score (nSPS) is 12.5. The van der Waals surface area contributed by atoms with Crippen molar-refractivity contribution in [3.8, 4) is 22.8 Å². The SMILES string of the molecule is COc1cc(-c2nc3ccccn3c2NC(C)(C)CC(C)(C)C)ccc1OS(=O)(=O)c1ccc(C)cc1. The van der Waals surface area contributed by atoms with Crippen LogP contribution >= 0.6 is 0 Å². The number of nitrogens with one attached hydrogen (secondary N) is 1. The van der Waals surface area contributed by atoms with Crippen molar-refractivity contribution in [3.05, 3.63) is 72.4 Å². The molecule has 2 aromatic heterocycles. The summed E-state index contributed by atoms with van der Waals surface area (Å²) in [5, 5.41) is 3.71. The van der Waals surface area contributed by atoms with E-state index in [9.17, 15) is 8.42 Å². The van der Waals surface area contributed by atoms with Crippen molar-refractivity contribution in [1.82, 2.24) is 9.38 Å². The van der Waals surface area contributed by atoms with Gasteiger partial charge in [0.25, 0.3) is 0 Å². The molecule has 37 heavy (non-hydrogen) atoms. The second-order valence-corrected chi connectivity index (χ2v) is 12.7. The van der Waals surface area contributed by atoms with E-state index in [2.05, 4.69) is 39.9 Å². The molecule has 7 nitrogen and oxygen atoms in total. The zero-order chi connectivity index (χ0) is 27.0. The van der Waals surface area contributed by atoms with Crippen molar-refractivity contribution in [2.45, 2.75) is 58.4 Å². The summed E-state index contributed by atoms with van der Waals surface area (Å²) in [6.07, 6.45) is 2.91. The molecule has 0 aliphatic carbocycles. The van der Waals surface area contributed by atoms with E-state index < -0.39 is 10.1 Å². The molecule has 0 atom stereocenters. The largest absolute Gasteiger partial charge is 0.493 e. The van der Waals surface area contributed by atoms with Gasteiger partial charge in [-0.25, -0.2) is 4.98 Å². The van der Waals surface area contributed by atoms with Crippen LogP contribution in [0.4, 0.5) is 5.82 Å². The monoisotopic (exact) mass is 521 g/mol. The van der Waals surface area contributed by atoms with Crippen molar-refractivity contribution in [3.63, 3.8) is 0 Å². The van der Waals surface area contributed by atoms with Gasteiger partial charge in [0.15, 0.2) is 11.5 Å². The molecule has 0 fully saturated rings. The van der Waals surface area contributed by atoms with E-state index in [1.165, 1.54) is 19.2 Å². The van der Waals surface area contributed by atoms with Gasteiger partial charge in [-0.3, -0.25) is 4.40 Å². The topological polar surface area (TPSA) is 81.9 Å². The van der Waals surface area contributed by atoms with E-state index in [0.29, 0.717) is 5.75 Å². The maximum absolute atomic E-state index is 12.9. The number of fused-ring (bicyclic) bond motifs is 1. The Morgan fingerprint density at radius 1 is 0.946 bits per heavy atom. The Balaban J connectivity index is 1.74. The van der Waals surface area contributed by atoms with Crippen LogP contribution in [0.15, 0.2) is 71.8 Å². The summed E-state index contributed by atoms with van der Waals surface area (Å²) in [5.74, 6) is 1.26. The van der Waals surface area contributed by atoms with Gasteiger partial charge >= 0.3 is 10.1 Å². The van der Waals surface area contributed by atoms with Gasteiger partial charge in [0, 0.05) is 17.3 Å². The standard InChI is InChI=1S/C29H35N3O4S/c1-20-11-14-22(15-12-20)37(33,34)36-23-16-13-21(18-24(23)35-7)26-27(31-29(5,6)19-28(2,3)4)32-17-9-8-10-25(32)30-26/h8-18,31H,19H2,1-7H3. The molecule has 0 amide bonds. The molecule has 0 aliphatic rings. The summed E-state index contributed by atoms with van der Waals surface area (Å²) in [6.45, 7) is 12.9. The van der Waals surface area contributed by atoms with Gasteiger partial charge in [-0.2, -0.15) is 8.42 Å². The van der Waals surface area contributed by atoms with Crippen LogP contribution in [0.1, 0.15) is 46.6 Å². The highest BCUT2D eigenvalue weighted by Crippen LogP contribution is 2.39. The molecule has 196 valence electrons. The van der Waals surface area contributed by atoms with E-state index in [1.54, 1.807) is 30.3 Å². The first-order valence-corrected chi connectivity index (χ1v) is 13.6. The summed E-state index contributed by atoms with van der Waals surface area (Å²) in [4.78, 5) is 4.97. The third kappa shape index (κ3) is 6.07. The highest BCUT2D eigenvalue weighted by molar-refractivity contribution is 7.87. The fraction of sp³-hybridized carbons (Fsp3) is 0.345. The predicted octanol–water partition coefficient (Wildman–Crippen LogP) is 6.71. The minimum absolute atomic E-state index is 0.0807. The quantitative estimate of drug-likeness (QED) is 0.259. The molecular formula is C29H35N3O4S. The van der Waals surface area contributed by atoms with E-state index in [1.807, 2.05) is 35.7 Å². The Bertz CT molecular complexity index is 1520. The van der Waals surface area contributed by atoms with Crippen LogP contribution in [0.5, 0.6) is 11.5 Å². The van der Waals surface area contributed by atoms with Crippen molar-refractivity contribution in [2.24, 2.45) is 5.41 Å². The van der Waals surface area contributed by atoms with Gasteiger partial charge in [0.1, 0.15) is 22.1 Å². The number of aromatic nitrogens is 2. The number of aryl methyl sites for hydroxylation is 1. The van der Waals surface area contributed by atoms with Crippen LogP contribution in [0.3, 0.4) is 0 Å². The molecular weight excluding hydrogens is 486 g/mol. The minimum atomic E-state index is -4.02. The van der Waals surface area contributed by atoms with E-state index in [-0.39, 0.29) is 21.6 Å². The fourth-order valence-corrected chi connectivity index (χ4v) is 5.70. The lowest BCUT2D eigenvalue weighted by Gasteiger charge is -2.34.